The van der Waals surface area contributed by atoms with Crippen LogP contribution in [0.3, 0.4) is 0 Å². The summed E-state index contributed by atoms with van der Waals surface area (Å²) in [6, 6.07) is 0.868. The first kappa shape index (κ1) is 13.4. The average molecular weight is 238 g/mol. The van der Waals surface area contributed by atoms with Gasteiger partial charge in [0.2, 0.25) is 0 Å². The van der Waals surface area contributed by atoms with E-state index in [2.05, 4.69) is 31.1 Å². The molecule has 2 rings (SSSR count). The SMILES string of the molecule is CNCCC1CCN(C2CCCC2(C)C)CC1. The summed E-state index contributed by atoms with van der Waals surface area (Å²) in [5.41, 5.74) is 0.567. The van der Waals surface area contributed by atoms with Crippen molar-refractivity contribution in [3.8, 4) is 0 Å². The van der Waals surface area contributed by atoms with Gasteiger partial charge in [-0.1, -0.05) is 20.3 Å². The number of nitrogens with one attached hydrogen (secondary N) is 1. The van der Waals surface area contributed by atoms with Gasteiger partial charge in [-0.25, -0.2) is 0 Å². The lowest BCUT2D eigenvalue weighted by molar-refractivity contribution is 0.0734. The third-order valence-electron chi connectivity index (χ3n) is 5.09. The van der Waals surface area contributed by atoms with Crippen molar-refractivity contribution in [1.29, 1.82) is 0 Å². The van der Waals surface area contributed by atoms with Crippen molar-refractivity contribution in [2.24, 2.45) is 11.3 Å². The van der Waals surface area contributed by atoms with Crippen LogP contribution in [0, 0.1) is 11.3 Å². The number of rotatable bonds is 4. The van der Waals surface area contributed by atoms with Crippen molar-refractivity contribution in [1.82, 2.24) is 10.2 Å². The highest BCUT2D eigenvalue weighted by atomic mass is 15.2. The van der Waals surface area contributed by atoms with Crippen LogP contribution < -0.4 is 5.32 Å². The molecule has 2 fully saturated rings. The molecule has 100 valence electrons. The lowest BCUT2D eigenvalue weighted by atomic mass is 9.84. The van der Waals surface area contributed by atoms with Crippen LogP contribution in [0.1, 0.15) is 52.4 Å². The van der Waals surface area contributed by atoms with Crippen LogP contribution in [0.4, 0.5) is 0 Å². The summed E-state index contributed by atoms with van der Waals surface area (Å²) in [5.74, 6) is 0.975. The van der Waals surface area contributed by atoms with Gasteiger partial charge in [0.25, 0.3) is 0 Å². The quantitative estimate of drug-likeness (QED) is 0.810. The fourth-order valence-corrected chi connectivity index (χ4v) is 3.89. The van der Waals surface area contributed by atoms with Crippen molar-refractivity contribution in [2.45, 2.75) is 58.4 Å². The molecule has 0 bridgehead atoms. The summed E-state index contributed by atoms with van der Waals surface area (Å²) in [5, 5.41) is 3.28. The van der Waals surface area contributed by atoms with Gasteiger partial charge in [0, 0.05) is 6.04 Å². The molecule has 0 amide bonds. The Kier molecular flexibility index (Phi) is 4.48. The zero-order valence-electron chi connectivity index (χ0n) is 12.0. The molecule has 1 aliphatic heterocycles. The molecule has 1 aliphatic carbocycles. The van der Waals surface area contributed by atoms with Gasteiger partial charge in [-0.05, 0) is 70.1 Å². The highest BCUT2D eigenvalue weighted by Crippen LogP contribution is 2.41. The second kappa shape index (κ2) is 5.71. The first-order valence-electron chi connectivity index (χ1n) is 7.52. The lowest BCUT2D eigenvalue weighted by Crippen LogP contribution is -2.46. The Morgan fingerprint density at radius 2 is 1.88 bits per heavy atom. The highest BCUT2D eigenvalue weighted by Gasteiger charge is 2.39. The predicted octanol–water partition coefficient (Wildman–Crippen LogP) is 2.89. The average Bonchev–Trinajstić information content (AvgIpc) is 2.67. The van der Waals surface area contributed by atoms with Crippen molar-refractivity contribution < 1.29 is 0 Å². The van der Waals surface area contributed by atoms with Crippen LogP contribution in [-0.2, 0) is 0 Å². The maximum absolute atomic E-state index is 3.28. The molecule has 0 aromatic heterocycles. The number of likely N-dealkylation sites (tertiary alicyclic amines) is 1. The molecule has 1 unspecified atom stereocenters. The van der Waals surface area contributed by atoms with Crippen molar-refractivity contribution in [2.75, 3.05) is 26.7 Å². The Labute approximate surface area is 107 Å². The lowest BCUT2D eigenvalue weighted by Gasteiger charge is -2.41. The molecule has 2 heteroatoms. The maximum atomic E-state index is 3.28. The number of piperidine rings is 1. The van der Waals surface area contributed by atoms with Crippen molar-refractivity contribution >= 4 is 0 Å². The van der Waals surface area contributed by atoms with Crippen LogP contribution in [0.5, 0.6) is 0 Å². The Balaban J connectivity index is 1.79. The minimum absolute atomic E-state index is 0.567. The van der Waals surface area contributed by atoms with E-state index in [0.29, 0.717) is 5.41 Å². The molecular formula is C15H30N2. The molecule has 0 aromatic rings. The second-order valence-electron chi connectivity index (χ2n) is 6.77. The number of nitrogens with zero attached hydrogens (tertiary/aromatic N) is 1. The first-order valence-corrected chi connectivity index (χ1v) is 7.52. The highest BCUT2D eigenvalue weighted by molar-refractivity contribution is 4.93. The van der Waals surface area contributed by atoms with Gasteiger partial charge in [-0.3, -0.25) is 4.90 Å². The zero-order chi connectivity index (χ0) is 12.3. The molecule has 1 saturated carbocycles. The summed E-state index contributed by atoms with van der Waals surface area (Å²) in [6.07, 6.45) is 8.53. The summed E-state index contributed by atoms with van der Waals surface area (Å²) in [6.45, 7) is 8.83. The van der Waals surface area contributed by atoms with Gasteiger partial charge in [-0.15, -0.1) is 0 Å². The summed E-state index contributed by atoms with van der Waals surface area (Å²) in [7, 11) is 2.07. The predicted molar refractivity (Wildman–Crippen MR) is 74.3 cm³/mol. The van der Waals surface area contributed by atoms with Crippen molar-refractivity contribution in [3.63, 3.8) is 0 Å². The van der Waals surface area contributed by atoms with E-state index in [0.717, 1.165) is 12.0 Å². The first-order chi connectivity index (χ1) is 8.13. The molecule has 17 heavy (non-hydrogen) atoms. The summed E-state index contributed by atoms with van der Waals surface area (Å²) < 4.78 is 0. The van der Waals surface area contributed by atoms with E-state index in [-0.39, 0.29) is 0 Å². The van der Waals surface area contributed by atoms with Gasteiger partial charge in [0.05, 0.1) is 0 Å². The number of hydrogen-bond donors (Lipinski definition) is 1. The molecule has 2 nitrogen and oxygen atoms in total. The molecule has 0 aromatic carbocycles. The molecule has 1 N–H and O–H groups in total. The molecule has 1 atom stereocenters. The van der Waals surface area contributed by atoms with Gasteiger partial charge in [0.15, 0.2) is 0 Å². The topological polar surface area (TPSA) is 15.3 Å². The summed E-state index contributed by atoms with van der Waals surface area (Å²) >= 11 is 0. The molecule has 0 radical (unpaired) electrons. The van der Waals surface area contributed by atoms with Crippen LogP contribution in [-0.4, -0.2) is 37.6 Å². The van der Waals surface area contributed by atoms with E-state index in [1.807, 2.05) is 0 Å². The Hall–Kier alpha value is -0.0800. The van der Waals surface area contributed by atoms with E-state index in [1.54, 1.807) is 0 Å². The molecule has 0 spiro atoms. The van der Waals surface area contributed by atoms with Crippen LogP contribution in [0.15, 0.2) is 0 Å². The van der Waals surface area contributed by atoms with E-state index in [9.17, 15) is 0 Å². The summed E-state index contributed by atoms with van der Waals surface area (Å²) in [4.78, 5) is 2.79. The van der Waals surface area contributed by atoms with E-state index >= 15 is 0 Å². The minimum Gasteiger partial charge on any atom is -0.320 e. The monoisotopic (exact) mass is 238 g/mol. The molecule has 1 saturated heterocycles. The van der Waals surface area contributed by atoms with E-state index in [1.165, 1.54) is 58.2 Å². The Morgan fingerprint density at radius 3 is 2.41 bits per heavy atom. The van der Waals surface area contributed by atoms with Crippen LogP contribution in [0.25, 0.3) is 0 Å². The van der Waals surface area contributed by atoms with Gasteiger partial charge < -0.3 is 5.32 Å². The fraction of sp³-hybridized carbons (Fsp3) is 1.00. The Bertz CT molecular complexity index is 229. The Morgan fingerprint density at radius 1 is 1.18 bits per heavy atom. The zero-order valence-corrected chi connectivity index (χ0v) is 12.0. The maximum Gasteiger partial charge on any atom is 0.0146 e. The van der Waals surface area contributed by atoms with Gasteiger partial charge in [-0.2, -0.15) is 0 Å². The largest absolute Gasteiger partial charge is 0.320 e. The standard InChI is InChI=1S/C15H30N2/c1-15(2)9-4-5-14(15)17-11-7-13(8-12-17)6-10-16-3/h13-14,16H,4-12H2,1-3H3. The fourth-order valence-electron chi connectivity index (χ4n) is 3.89. The molecule has 1 heterocycles. The van der Waals surface area contributed by atoms with Gasteiger partial charge in [0.1, 0.15) is 0 Å². The van der Waals surface area contributed by atoms with Crippen LogP contribution >= 0.6 is 0 Å². The van der Waals surface area contributed by atoms with Crippen LogP contribution in [0.2, 0.25) is 0 Å². The number of hydrogen-bond acceptors (Lipinski definition) is 2. The normalized spacial score (nSPS) is 30.9. The third-order valence-corrected chi connectivity index (χ3v) is 5.09. The van der Waals surface area contributed by atoms with Gasteiger partial charge >= 0.3 is 0 Å². The second-order valence-corrected chi connectivity index (χ2v) is 6.77. The third kappa shape index (κ3) is 3.23. The molecular weight excluding hydrogens is 208 g/mol. The van der Waals surface area contributed by atoms with Crippen molar-refractivity contribution in [3.05, 3.63) is 0 Å². The minimum atomic E-state index is 0.567. The van der Waals surface area contributed by atoms with E-state index < -0.39 is 0 Å². The van der Waals surface area contributed by atoms with E-state index in [4.69, 9.17) is 0 Å². The smallest absolute Gasteiger partial charge is 0.0146 e. The molecule has 2 aliphatic rings.